The van der Waals surface area contributed by atoms with Crippen molar-refractivity contribution >= 4 is 11.7 Å². The van der Waals surface area contributed by atoms with Crippen molar-refractivity contribution in [3.8, 4) is 0 Å². The molecule has 21 heavy (non-hydrogen) atoms. The number of urea groups is 1. The molecule has 2 rings (SSSR count). The molecule has 1 heterocycles. The summed E-state index contributed by atoms with van der Waals surface area (Å²) in [6.07, 6.45) is 3.83. The molecular formula is C15H26N4O2. The van der Waals surface area contributed by atoms with E-state index in [0.717, 1.165) is 49.3 Å². The van der Waals surface area contributed by atoms with Gasteiger partial charge in [0.1, 0.15) is 0 Å². The smallest absolute Gasteiger partial charge is 0.319 e. The molecule has 1 saturated carbocycles. The Balaban J connectivity index is 1.89. The first kappa shape index (κ1) is 15.8. The van der Waals surface area contributed by atoms with E-state index >= 15 is 0 Å². The number of carbonyl (C=O) groups is 1. The van der Waals surface area contributed by atoms with E-state index in [4.69, 9.17) is 5.11 Å². The Labute approximate surface area is 125 Å². The number of aliphatic hydroxyl groups is 1. The topological polar surface area (TPSA) is 79.2 Å². The van der Waals surface area contributed by atoms with Crippen LogP contribution in [0.2, 0.25) is 0 Å². The maximum absolute atomic E-state index is 12.1. The van der Waals surface area contributed by atoms with E-state index in [1.165, 1.54) is 0 Å². The van der Waals surface area contributed by atoms with Crippen molar-refractivity contribution in [3.63, 3.8) is 0 Å². The summed E-state index contributed by atoms with van der Waals surface area (Å²) in [5.41, 5.74) is 2.63. The summed E-state index contributed by atoms with van der Waals surface area (Å²) < 4.78 is 1.89. The zero-order valence-electron chi connectivity index (χ0n) is 13.1. The Bertz CT molecular complexity index is 490. The summed E-state index contributed by atoms with van der Waals surface area (Å²) in [5.74, 6) is 0.401. The van der Waals surface area contributed by atoms with Gasteiger partial charge in [0.15, 0.2) is 0 Å². The summed E-state index contributed by atoms with van der Waals surface area (Å²) in [6.45, 7) is 6.95. The summed E-state index contributed by atoms with van der Waals surface area (Å²) in [4.78, 5) is 12.1. The Morgan fingerprint density at radius 3 is 2.52 bits per heavy atom. The molecule has 0 atom stereocenters. The van der Waals surface area contributed by atoms with Crippen molar-refractivity contribution in [3.05, 3.63) is 11.4 Å². The van der Waals surface area contributed by atoms with Crippen LogP contribution < -0.4 is 10.6 Å². The molecule has 0 saturated heterocycles. The zero-order valence-corrected chi connectivity index (χ0v) is 13.1. The highest BCUT2D eigenvalue weighted by molar-refractivity contribution is 5.90. The van der Waals surface area contributed by atoms with E-state index in [9.17, 15) is 4.79 Å². The fourth-order valence-corrected chi connectivity index (χ4v) is 3.01. The molecule has 118 valence electrons. The predicted molar refractivity (Wildman–Crippen MR) is 82.4 cm³/mol. The van der Waals surface area contributed by atoms with E-state index in [1.54, 1.807) is 0 Å². The van der Waals surface area contributed by atoms with Gasteiger partial charge in [0, 0.05) is 19.2 Å². The maximum Gasteiger partial charge on any atom is 0.319 e. The maximum atomic E-state index is 12.1. The van der Waals surface area contributed by atoms with Gasteiger partial charge in [-0.3, -0.25) is 4.68 Å². The third-order valence-electron chi connectivity index (χ3n) is 4.36. The first-order chi connectivity index (χ1) is 10.0. The Morgan fingerprint density at radius 2 is 2.00 bits per heavy atom. The highest BCUT2D eigenvalue weighted by Crippen LogP contribution is 2.24. The molecule has 0 bridgehead atoms. The van der Waals surface area contributed by atoms with E-state index in [2.05, 4.69) is 15.7 Å². The van der Waals surface area contributed by atoms with Gasteiger partial charge in [-0.25, -0.2) is 4.79 Å². The molecule has 2 amide bonds. The van der Waals surface area contributed by atoms with Crippen LogP contribution in [0.25, 0.3) is 0 Å². The van der Waals surface area contributed by atoms with Crippen molar-refractivity contribution in [2.75, 3.05) is 11.9 Å². The van der Waals surface area contributed by atoms with Gasteiger partial charge in [0.05, 0.1) is 17.1 Å². The summed E-state index contributed by atoms with van der Waals surface area (Å²) in [5, 5.41) is 19.5. The molecule has 0 unspecified atom stereocenters. The SMILES string of the molecule is CCn1nc(C)c(NC(=O)NC2CCC(CO)CC2)c1C. The number of anilines is 1. The fraction of sp³-hybridized carbons (Fsp3) is 0.733. The Morgan fingerprint density at radius 1 is 1.33 bits per heavy atom. The van der Waals surface area contributed by atoms with E-state index in [0.29, 0.717) is 5.92 Å². The summed E-state index contributed by atoms with van der Waals surface area (Å²) >= 11 is 0. The molecule has 3 N–H and O–H groups in total. The van der Waals surface area contributed by atoms with Gasteiger partial charge in [-0.2, -0.15) is 5.10 Å². The van der Waals surface area contributed by atoms with Crippen molar-refractivity contribution in [1.29, 1.82) is 0 Å². The molecule has 1 aromatic heterocycles. The Kier molecular flexibility index (Phi) is 5.22. The lowest BCUT2D eigenvalue weighted by Gasteiger charge is -2.27. The van der Waals surface area contributed by atoms with Crippen LogP contribution in [0, 0.1) is 19.8 Å². The van der Waals surface area contributed by atoms with Crippen LogP contribution in [0.1, 0.15) is 44.0 Å². The molecule has 0 radical (unpaired) electrons. The predicted octanol–water partition coefficient (Wildman–Crippen LogP) is 2.19. The highest BCUT2D eigenvalue weighted by atomic mass is 16.3. The van der Waals surface area contributed by atoms with Gasteiger partial charge < -0.3 is 15.7 Å². The van der Waals surface area contributed by atoms with Crippen molar-refractivity contribution < 1.29 is 9.90 Å². The number of aryl methyl sites for hydroxylation is 2. The average molecular weight is 294 g/mol. The highest BCUT2D eigenvalue weighted by Gasteiger charge is 2.22. The molecule has 1 aliphatic rings. The number of hydrogen-bond donors (Lipinski definition) is 3. The summed E-state index contributed by atoms with van der Waals surface area (Å²) in [7, 11) is 0. The number of nitrogens with zero attached hydrogens (tertiary/aromatic N) is 2. The normalized spacial score (nSPS) is 22.1. The van der Waals surface area contributed by atoms with Gasteiger partial charge in [0.2, 0.25) is 0 Å². The largest absolute Gasteiger partial charge is 0.396 e. The second-order valence-electron chi connectivity index (χ2n) is 5.86. The zero-order chi connectivity index (χ0) is 15.4. The van der Waals surface area contributed by atoms with Crippen LogP contribution in [0.5, 0.6) is 0 Å². The minimum atomic E-state index is -0.163. The number of carbonyl (C=O) groups excluding carboxylic acids is 1. The molecule has 1 aromatic rings. The minimum Gasteiger partial charge on any atom is -0.396 e. The van der Waals surface area contributed by atoms with Crippen LogP contribution >= 0.6 is 0 Å². The van der Waals surface area contributed by atoms with Gasteiger partial charge in [-0.15, -0.1) is 0 Å². The monoisotopic (exact) mass is 294 g/mol. The quantitative estimate of drug-likeness (QED) is 0.796. The van der Waals surface area contributed by atoms with Crippen molar-refractivity contribution in [2.45, 2.75) is 59.0 Å². The second-order valence-corrected chi connectivity index (χ2v) is 5.86. The molecule has 0 aliphatic heterocycles. The van der Waals surface area contributed by atoms with Crippen LogP contribution in [0.4, 0.5) is 10.5 Å². The fourth-order valence-electron chi connectivity index (χ4n) is 3.01. The first-order valence-corrected chi connectivity index (χ1v) is 7.77. The lowest BCUT2D eigenvalue weighted by molar-refractivity contribution is 0.176. The van der Waals surface area contributed by atoms with Crippen molar-refractivity contribution in [2.24, 2.45) is 5.92 Å². The third kappa shape index (κ3) is 3.75. The van der Waals surface area contributed by atoms with Gasteiger partial charge in [0.25, 0.3) is 0 Å². The number of aliphatic hydroxyl groups excluding tert-OH is 1. The van der Waals surface area contributed by atoms with Crippen LogP contribution in [-0.4, -0.2) is 33.6 Å². The third-order valence-corrected chi connectivity index (χ3v) is 4.36. The first-order valence-electron chi connectivity index (χ1n) is 7.77. The standard InChI is InChI=1S/C15H26N4O2/c1-4-19-11(3)14(10(2)18-19)17-15(21)16-13-7-5-12(9-20)6-8-13/h12-13,20H,4-9H2,1-3H3,(H2,16,17,21). The van der Waals surface area contributed by atoms with Gasteiger partial charge in [-0.05, 0) is 52.4 Å². The van der Waals surface area contributed by atoms with E-state index < -0.39 is 0 Å². The Hall–Kier alpha value is -1.56. The van der Waals surface area contributed by atoms with Gasteiger partial charge in [-0.1, -0.05) is 0 Å². The molecular weight excluding hydrogens is 268 g/mol. The molecule has 1 fully saturated rings. The molecule has 0 spiro atoms. The van der Waals surface area contributed by atoms with Crippen LogP contribution in [0.15, 0.2) is 0 Å². The molecule has 0 aromatic carbocycles. The van der Waals surface area contributed by atoms with E-state index in [1.807, 2.05) is 25.5 Å². The molecule has 6 heteroatoms. The van der Waals surface area contributed by atoms with E-state index in [-0.39, 0.29) is 18.7 Å². The number of amides is 2. The number of hydrogen-bond acceptors (Lipinski definition) is 3. The summed E-state index contributed by atoms with van der Waals surface area (Å²) in [6, 6.07) is 0.0407. The number of nitrogens with one attached hydrogen (secondary N) is 2. The second kappa shape index (κ2) is 6.93. The lowest BCUT2D eigenvalue weighted by atomic mass is 9.87. The number of aromatic nitrogens is 2. The minimum absolute atomic E-state index is 0.163. The lowest BCUT2D eigenvalue weighted by Crippen LogP contribution is -2.40. The molecule has 6 nitrogen and oxygen atoms in total. The van der Waals surface area contributed by atoms with Crippen LogP contribution in [-0.2, 0) is 6.54 Å². The van der Waals surface area contributed by atoms with Gasteiger partial charge >= 0.3 is 6.03 Å². The number of rotatable bonds is 4. The average Bonchev–Trinajstić information content (AvgIpc) is 2.75. The molecule has 1 aliphatic carbocycles. The van der Waals surface area contributed by atoms with Crippen molar-refractivity contribution in [1.82, 2.24) is 15.1 Å². The van der Waals surface area contributed by atoms with Crippen LogP contribution in [0.3, 0.4) is 0 Å².